The average molecular weight is 345 g/mol. The van der Waals surface area contributed by atoms with Gasteiger partial charge in [-0.2, -0.15) is 0 Å². The predicted octanol–water partition coefficient (Wildman–Crippen LogP) is 3.35. The second-order valence-corrected chi connectivity index (χ2v) is 6.44. The highest BCUT2D eigenvalue weighted by Crippen LogP contribution is 2.21. The summed E-state index contributed by atoms with van der Waals surface area (Å²) in [7, 11) is 0. The number of halogens is 2. The third kappa shape index (κ3) is 4.24. The molecule has 8 heteroatoms. The fraction of sp³-hybridized carbons (Fsp3) is 0.500. The zero-order valence-corrected chi connectivity index (χ0v) is 14.2. The second kappa shape index (κ2) is 6.71. The Morgan fingerprint density at radius 2 is 2.09 bits per heavy atom. The van der Waals surface area contributed by atoms with Gasteiger partial charge >= 0.3 is 6.09 Å². The van der Waals surface area contributed by atoms with Gasteiger partial charge in [0.05, 0.1) is 11.4 Å². The van der Waals surface area contributed by atoms with Crippen LogP contribution in [0.2, 0.25) is 5.15 Å². The summed E-state index contributed by atoms with van der Waals surface area (Å²) in [5.41, 5.74) is 1.92. The molecule has 0 saturated carbocycles. The highest BCUT2D eigenvalue weighted by atomic mass is 35.5. The molecule has 22 heavy (non-hydrogen) atoms. The van der Waals surface area contributed by atoms with Crippen molar-refractivity contribution < 1.29 is 9.53 Å². The first-order valence-corrected chi connectivity index (χ1v) is 7.75. The molecule has 0 unspecified atom stereocenters. The van der Waals surface area contributed by atoms with Crippen LogP contribution in [-0.4, -0.2) is 33.0 Å². The lowest BCUT2D eigenvalue weighted by Crippen LogP contribution is -2.34. The number of fused-ring (bicyclic) bond motifs is 1. The molecule has 2 heterocycles. The van der Waals surface area contributed by atoms with Crippen LogP contribution in [-0.2, 0) is 17.2 Å². The Hall–Kier alpha value is -1.53. The van der Waals surface area contributed by atoms with Crippen molar-refractivity contribution in [2.45, 2.75) is 38.8 Å². The number of aromatic nitrogens is 3. The van der Waals surface area contributed by atoms with Crippen molar-refractivity contribution in [2.75, 3.05) is 6.54 Å². The van der Waals surface area contributed by atoms with Gasteiger partial charge in [-0.1, -0.05) is 11.6 Å². The van der Waals surface area contributed by atoms with E-state index in [0.717, 1.165) is 16.7 Å². The Bertz CT molecular complexity index is 679. The maximum Gasteiger partial charge on any atom is 0.407 e. The summed E-state index contributed by atoms with van der Waals surface area (Å²) < 4.78 is 7.15. The Balaban J connectivity index is 2.08. The summed E-state index contributed by atoms with van der Waals surface area (Å²) in [6.45, 7) is 6.39. The highest BCUT2D eigenvalue weighted by molar-refractivity contribution is 6.29. The summed E-state index contributed by atoms with van der Waals surface area (Å²) in [6, 6.07) is 3.59. The normalized spacial score (nSPS) is 11.7. The van der Waals surface area contributed by atoms with Gasteiger partial charge in [0.15, 0.2) is 5.15 Å². The minimum atomic E-state index is -0.519. The first-order valence-electron chi connectivity index (χ1n) is 6.84. The van der Waals surface area contributed by atoms with E-state index >= 15 is 0 Å². The molecule has 0 saturated heterocycles. The predicted molar refractivity (Wildman–Crippen MR) is 86.3 cm³/mol. The molecule has 0 bridgehead atoms. The van der Waals surface area contributed by atoms with Crippen molar-refractivity contribution in [1.82, 2.24) is 20.1 Å². The number of hydrogen-bond acceptors (Lipinski definition) is 4. The molecular weight excluding hydrogens is 327 g/mol. The number of alkyl carbamates (subject to hydrolysis) is 1. The van der Waals surface area contributed by atoms with E-state index in [1.807, 2.05) is 31.4 Å². The van der Waals surface area contributed by atoms with E-state index in [1.54, 1.807) is 6.07 Å². The number of nitrogens with zero attached hydrogens (tertiary/aromatic N) is 3. The van der Waals surface area contributed by atoms with Gasteiger partial charge in [0, 0.05) is 24.8 Å². The van der Waals surface area contributed by atoms with Gasteiger partial charge in [-0.25, -0.2) is 4.79 Å². The molecule has 6 nitrogen and oxygen atoms in total. The standard InChI is InChI=1S/C14H18Cl2N4O2/c1-14(2,3)22-13(21)17-4-5-20-9(8-15)6-10-11(20)7-12(16)19-18-10/h6-7H,4-5,8H2,1-3H3,(H,17,21). The molecule has 0 atom stereocenters. The molecular formula is C14H18Cl2N4O2. The number of nitrogens with one attached hydrogen (secondary N) is 1. The molecule has 1 amide bonds. The lowest BCUT2D eigenvalue weighted by molar-refractivity contribution is 0.0526. The van der Waals surface area contributed by atoms with Crippen LogP contribution in [0.5, 0.6) is 0 Å². The van der Waals surface area contributed by atoms with Gasteiger partial charge in [0.1, 0.15) is 11.1 Å². The van der Waals surface area contributed by atoms with Gasteiger partial charge in [0.2, 0.25) is 0 Å². The van der Waals surface area contributed by atoms with Crippen molar-refractivity contribution in [1.29, 1.82) is 0 Å². The van der Waals surface area contributed by atoms with E-state index in [0.29, 0.717) is 24.1 Å². The van der Waals surface area contributed by atoms with Crippen LogP contribution in [0.4, 0.5) is 4.79 Å². The van der Waals surface area contributed by atoms with Crippen LogP contribution in [0.1, 0.15) is 26.5 Å². The average Bonchev–Trinajstić information content (AvgIpc) is 2.74. The Kier molecular flexibility index (Phi) is 5.13. The lowest BCUT2D eigenvalue weighted by atomic mass is 10.2. The number of alkyl halides is 1. The van der Waals surface area contributed by atoms with Crippen molar-refractivity contribution in [2.24, 2.45) is 0 Å². The summed E-state index contributed by atoms with van der Waals surface area (Å²) in [4.78, 5) is 11.6. The van der Waals surface area contributed by atoms with Gasteiger partial charge < -0.3 is 14.6 Å². The van der Waals surface area contributed by atoms with Crippen molar-refractivity contribution in [3.05, 3.63) is 23.0 Å². The van der Waals surface area contributed by atoms with Gasteiger partial charge in [-0.05, 0) is 26.8 Å². The molecule has 120 valence electrons. The van der Waals surface area contributed by atoms with E-state index in [1.165, 1.54) is 0 Å². The van der Waals surface area contributed by atoms with Crippen molar-refractivity contribution in [3.8, 4) is 0 Å². The Morgan fingerprint density at radius 3 is 2.73 bits per heavy atom. The Labute approximate surface area is 138 Å². The maximum atomic E-state index is 11.6. The first-order chi connectivity index (χ1) is 10.3. The van der Waals surface area contributed by atoms with Crippen LogP contribution < -0.4 is 5.32 Å². The molecule has 0 spiro atoms. The monoisotopic (exact) mass is 344 g/mol. The third-order valence-electron chi connectivity index (χ3n) is 2.85. The minimum Gasteiger partial charge on any atom is -0.444 e. The fourth-order valence-corrected chi connectivity index (χ4v) is 2.40. The Morgan fingerprint density at radius 1 is 1.36 bits per heavy atom. The van der Waals surface area contributed by atoms with Gasteiger partial charge in [-0.3, -0.25) is 0 Å². The lowest BCUT2D eigenvalue weighted by Gasteiger charge is -2.20. The largest absolute Gasteiger partial charge is 0.444 e. The SMILES string of the molecule is CC(C)(C)OC(=O)NCCn1c(CCl)cc2nnc(Cl)cc21. The molecule has 0 radical (unpaired) electrons. The number of amides is 1. The molecule has 2 aromatic heterocycles. The van der Waals surface area contributed by atoms with Crippen molar-refractivity contribution in [3.63, 3.8) is 0 Å². The molecule has 0 aliphatic rings. The van der Waals surface area contributed by atoms with Crippen LogP contribution in [0, 0.1) is 0 Å². The molecule has 0 aliphatic carbocycles. The minimum absolute atomic E-state index is 0.313. The molecule has 0 aromatic carbocycles. The molecule has 0 aliphatic heterocycles. The number of ether oxygens (including phenoxy) is 1. The highest BCUT2D eigenvalue weighted by Gasteiger charge is 2.16. The van der Waals surface area contributed by atoms with E-state index < -0.39 is 11.7 Å². The first kappa shape index (κ1) is 16.8. The van der Waals surface area contributed by atoms with Gasteiger partial charge in [-0.15, -0.1) is 21.8 Å². The van der Waals surface area contributed by atoms with Gasteiger partial charge in [0.25, 0.3) is 0 Å². The van der Waals surface area contributed by atoms with Crippen LogP contribution in [0.25, 0.3) is 11.0 Å². The van der Waals surface area contributed by atoms with Crippen LogP contribution in [0.3, 0.4) is 0 Å². The fourth-order valence-electron chi connectivity index (χ4n) is 2.04. The second-order valence-electron chi connectivity index (χ2n) is 5.79. The maximum absolute atomic E-state index is 11.6. The summed E-state index contributed by atoms with van der Waals surface area (Å²) in [6.07, 6.45) is -0.450. The quantitative estimate of drug-likeness (QED) is 0.863. The van der Waals surface area contributed by atoms with Crippen LogP contribution in [0.15, 0.2) is 12.1 Å². The number of carbonyl (C=O) groups excluding carboxylic acids is 1. The van der Waals surface area contributed by atoms with Crippen molar-refractivity contribution >= 4 is 40.3 Å². The summed E-state index contributed by atoms with van der Waals surface area (Å²) in [5.74, 6) is 0.334. The van der Waals surface area contributed by atoms with E-state index in [4.69, 9.17) is 27.9 Å². The number of rotatable bonds is 4. The van der Waals surface area contributed by atoms with Crippen LogP contribution >= 0.6 is 23.2 Å². The topological polar surface area (TPSA) is 69.0 Å². The van der Waals surface area contributed by atoms with E-state index in [9.17, 15) is 4.79 Å². The zero-order valence-electron chi connectivity index (χ0n) is 12.7. The molecule has 2 rings (SSSR count). The molecule has 0 fully saturated rings. The molecule has 1 N–H and O–H groups in total. The zero-order chi connectivity index (χ0) is 16.3. The number of hydrogen-bond donors (Lipinski definition) is 1. The molecule has 2 aromatic rings. The van der Waals surface area contributed by atoms with E-state index in [2.05, 4.69) is 15.5 Å². The third-order valence-corrected chi connectivity index (χ3v) is 3.31. The smallest absolute Gasteiger partial charge is 0.407 e. The van der Waals surface area contributed by atoms with E-state index in [-0.39, 0.29) is 0 Å². The summed E-state index contributed by atoms with van der Waals surface area (Å²) in [5, 5.41) is 10.9. The summed E-state index contributed by atoms with van der Waals surface area (Å²) >= 11 is 11.8. The number of carbonyl (C=O) groups is 1.